The molecule has 0 unspecified atom stereocenters. The number of anilines is 1. The third kappa shape index (κ3) is 2.87. The highest BCUT2D eigenvalue weighted by molar-refractivity contribution is 6.06. The van der Waals surface area contributed by atoms with Crippen molar-refractivity contribution in [2.45, 2.75) is 6.54 Å². The molecule has 3 aromatic carbocycles. The fourth-order valence-electron chi connectivity index (χ4n) is 2.34. The summed E-state index contributed by atoms with van der Waals surface area (Å²) in [7, 11) is 0. The van der Waals surface area contributed by atoms with Crippen molar-refractivity contribution in [2.75, 3.05) is 5.73 Å². The van der Waals surface area contributed by atoms with Crippen LogP contribution in [-0.4, -0.2) is 5.91 Å². The van der Waals surface area contributed by atoms with Crippen LogP contribution < -0.4 is 11.1 Å². The lowest BCUT2D eigenvalue weighted by molar-refractivity contribution is 0.0952. The molecular weight excluding hydrogens is 260 g/mol. The van der Waals surface area contributed by atoms with E-state index in [1.807, 2.05) is 66.7 Å². The van der Waals surface area contributed by atoms with Crippen molar-refractivity contribution in [3.63, 3.8) is 0 Å². The zero-order valence-electron chi connectivity index (χ0n) is 11.5. The van der Waals surface area contributed by atoms with Crippen molar-refractivity contribution in [2.24, 2.45) is 0 Å². The summed E-state index contributed by atoms with van der Waals surface area (Å²) in [6, 6.07) is 21.1. The normalized spacial score (nSPS) is 10.5. The fraction of sp³-hybridized carbons (Fsp3) is 0.0556. The molecule has 104 valence electrons. The Morgan fingerprint density at radius 2 is 1.62 bits per heavy atom. The van der Waals surface area contributed by atoms with Gasteiger partial charge in [-0.3, -0.25) is 4.79 Å². The van der Waals surface area contributed by atoms with E-state index in [0.717, 1.165) is 22.0 Å². The topological polar surface area (TPSA) is 55.1 Å². The number of carbonyl (C=O) groups is 1. The highest BCUT2D eigenvalue weighted by Crippen LogP contribution is 2.18. The number of fused-ring (bicyclic) bond motifs is 1. The van der Waals surface area contributed by atoms with Crippen molar-refractivity contribution in [1.82, 2.24) is 5.32 Å². The lowest BCUT2D eigenvalue weighted by Crippen LogP contribution is -2.23. The molecule has 0 bridgehead atoms. The van der Waals surface area contributed by atoms with Gasteiger partial charge in [0.15, 0.2) is 0 Å². The minimum atomic E-state index is -0.0661. The smallest absolute Gasteiger partial charge is 0.252 e. The van der Waals surface area contributed by atoms with E-state index in [9.17, 15) is 4.79 Å². The van der Waals surface area contributed by atoms with E-state index < -0.39 is 0 Å². The van der Waals surface area contributed by atoms with Gasteiger partial charge in [-0.05, 0) is 34.5 Å². The van der Waals surface area contributed by atoms with Crippen LogP contribution in [0, 0.1) is 0 Å². The summed E-state index contributed by atoms with van der Waals surface area (Å²) in [5, 5.41) is 4.98. The molecule has 0 fully saturated rings. The van der Waals surface area contributed by atoms with Gasteiger partial charge in [0.25, 0.3) is 5.91 Å². The Labute approximate surface area is 123 Å². The molecule has 0 aliphatic heterocycles. The molecule has 3 heteroatoms. The molecule has 0 heterocycles. The van der Waals surface area contributed by atoms with Crippen LogP contribution >= 0.6 is 0 Å². The molecule has 0 atom stereocenters. The monoisotopic (exact) mass is 276 g/mol. The van der Waals surface area contributed by atoms with Gasteiger partial charge in [-0.15, -0.1) is 0 Å². The van der Waals surface area contributed by atoms with Gasteiger partial charge in [0.05, 0.1) is 0 Å². The highest BCUT2D eigenvalue weighted by Gasteiger charge is 2.08. The van der Waals surface area contributed by atoms with E-state index in [1.165, 1.54) is 0 Å². The molecule has 0 aliphatic carbocycles. The number of hydrogen-bond acceptors (Lipinski definition) is 2. The Kier molecular flexibility index (Phi) is 3.56. The minimum Gasteiger partial charge on any atom is -0.399 e. The Balaban J connectivity index is 1.79. The Morgan fingerprint density at radius 3 is 2.43 bits per heavy atom. The van der Waals surface area contributed by atoms with Crippen LogP contribution in [0.4, 0.5) is 5.69 Å². The van der Waals surface area contributed by atoms with E-state index in [0.29, 0.717) is 12.1 Å². The molecule has 1 amide bonds. The molecule has 21 heavy (non-hydrogen) atoms. The Morgan fingerprint density at radius 1 is 0.905 bits per heavy atom. The van der Waals surface area contributed by atoms with Gasteiger partial charge < -0.3 is 11.1 Å². The summed E-state index contributed by atoms with van der Waals surface area (Å²) in [4.78, 5) is 12.4. The first-order valence-corrected chi connectivity index (χ1v) is 6.84. The number of benzene rings is 3. The second kappa shape index (κ2) is 5.67. The van der Waals surface area contributed by atoms with Gasteiger partial charge in [-0.1, -0.05) is 48.5 Å². The van der Waals surface area contributed by atoms with Crippen LogP contribution in [0.1, 0.15) is 15.9 Å². The number of nitrogen functional groups attached to an aromatic ring is 1. The third-order valence-corrected chi connectivity index (χ3v) is 3.47. The van der Waals surface area contributed by atoms with Crippen molar-refractivity contribution in [3.05, 3.63) is 77.9 Å². The van der Waals surface area contributed by atoms with Crippen LogP contribution in [0.3, 0.4) is 0 Å². The minimum absolute atomic E-state index is 0.0661. The third-order valence-electron chi connectivity index (χ3n) is 3.47. The largest absolute Gasteiger partial charge is 0.399 e. The summed E-state index contributed by atoms with van der Waals surface area (Å²) in [5.74, 6) is -0.0661. The predicted octanol–water partition coefficient (Wildman–Crippen LogP) is 3.35. The molecule has 0 aliphatic rings. The second-order valence-corrected chi connectivity index (χ2v) is 4.95. The van der Waals surface area contributed by atoms with Crippen molar-refractivity contribution < 1.29 is 4.79 Å². The zero-order chi connectivity index (χ0) is 14.7. The summed E-state index contributed by atoms with van der Waals surface area (Å²) < 4.78 is 0. The van der Waals surface area contributed by atoms with Crippen LogP contribution in [0.15, 0.2) is 66.7 Å². The lowest BCUT2D eigenvalue weighted by Gasteiger charge is -2.08. The van der Waals surface area contributed by atoms with Gasteiger partial charge in [-0.25, -0.2) is 0 Å². The lowest BCUT2D eigenvalue weighted by atomic mass is 10.0. The number of amides is 1. The summed E-state index contributed by atoms with van der Waals surface area (Å²) >= 11 is 0. The first-order chi connectivity index (χ1) is 10.2. The average molecular weight is 276 g/mol. The van der Waals surface area contributed by atoms with Crippen molar-refractivity contribution in [1.29, 1.82) is 0 Å². The van der Waals surface area contributed by atoms with Gasteiger partial charge in [0.1, 0.15) is 0 Å². The van der Waals surface area contributed by atoms with E-state index >= 15 is 0 Å². The number of carbonyl (C=O) groups excluding carboxylic acids is 1. The van der Waals surface area contributed by atoms with Crippen LogP contribution in [0.25, 0.3) is 10.8 Å². The standard InChI is InChI=1S/C18H16N2O/c19-15-10-8-13(9-11-15)12-20-18(21)17-7-3-5-14-4-1-2-6-16(14)17/h1-11H,12,19H2,(H,20,21). The zero-order valence-corrected chi connectivity index (χ0v) is 11.5. The van der Waals surface area contributed by atoms with Crippen molar-refractivity contribution >= 4 is 22.4 Å². The van der Waals surface area contributed by atoms with Gasteiger partial charge >= 0.3 is 0 Å². The number of nitrogens with one attached hydrogen (secondary N) is 1. The maximum absolute atomic E-state index is 12.4. The van der Waals surface area contributed by atoms with Gasteiger partial charge in [0, 0.05) is 17.8 Å². The van der Waals surface area contributed by atoms with Gasteiger partial charge in [-0.2, -0.15) is 0 Å². The van der Waals surface area contributed by atoms with E-state index in [4.69, 9.17) is 5.73 Å². The maximum Gasteiger partial charge on any atom is 0.252 e. The first kappa shape index (κ1) is 13.2. The van der Waals surface area contributed by atoms with Crippen LogP contribution in [-0.2, 0) is 6.54 Å². The Bertz CT molecular complexity index is 773. The molecule has 0 aromatic heterocycles. The van der Waals surface area contributed by atoms with E-state index in [2.05, 4.69) is 5.32 Å². The van der Waals surface area contributed by atoms with E-state index in [-0.39, 0.29) is 5.91 Å². The fourth-order valence-corrected chi connectivity index (χ4v) is 2.34. The molecule has 3 nitrogen and oxygen atoms in total. The van der Waals surface area contributed by atoms with Crippen LogP contribution in [0.2, 0.25) is 0 Å². The number of rotatable bonds is 3. The molecule has 3 N–H and O–H groups in total. The summed E-state index contributed by atoms with van der Waals surface area (Å²) in [6.07, 6.45) is 0. The van der Waals surface area contributed by atoms with Gasteiger partial charge in [0.2, 0.25) is 0 Å². The quantitative estimate of drug-likeness (QED) is 0.721. The molecule has 0 saturated carbocycles. The highest BCUT2D eigenvalue weighted by atomic mass is 16.1. The molecule has 3 aromatic rings. The number of hydrogen-bond donors (Lipinski definition) is 2. The summed E-state index contributed by atoms with van der Waals surface area (Å²) in [5.41, 5.74) is 8.09. The Hall–Kier alpha value is -2.81. The number of nitrogens with two attached hydrogens (primary N) is 1. The SMILES string of the molecule is Nc1ccc(CNC(=O)c2cccc3ccccc23)cc1. The van der Waals surface area contributed by atoms with Crippen LogP contribution in [0.5, 0.6) is 0 Å². The summed E-state index contributed by atoms with van der Waals surface area (Å²) in [6.45, 7) is 0.488. The molecular formula is C18H16N2O. The molecule has 3 rings (SSSR count). The second-order valence-electron chi connectivity index (χ2n) is 4.95. The van der Waals surface area contributed by atoms with E-state index in [1.54, 1.807) is 0 Å². The molecule has 0 saturated heterocycles. The predicted molar refractivity (Wildman–Crippen MR) is 86.0 cm³/mol. The molecule has 0 radical (unpaired) electrons. The first-order valence-electron chi connectivity index (χ1n) is 6.84. The maximum atomic E-state index is 12.4. The molecule has 0 spiro atoms. The average Bonchev–Trinajstić information content (AvgIpc) is 2.53. The van der Waals surface area contributed by atoms with Crippen molar-refractivity contribution in [3.8, 4) is 0 Å².